The first-order chi connectivity index (χ1) is 10.7. The molecule has 2 fully saturated rings. The molecule has 3 rings (SSSR count). The van der Waals surface area contributed by atoms with Crippen LogP contribution in [-0.2, 0) is 14.2 Å². The summed E-state index contributed by atoms with van der Waals surface area (Å²) >= 11 is 0. The van der Waals surface area contributed by atoms with Gasteiger partial charge in [-0.3, -0.25) is 0 Å². The van der Waals surface area contributed by atoms with E-state index in [-0.39, 0.29) is 30.4 Å². The van der Waals surface area contributed by atoms with Gasteiger partial charge in [0.05, 0.1) is 26.4 Å². The summed E-state index contributed by atoms with van der Waals surface area (Å²) in [4.78, 5) is 12.1. The Hall–Kier alpha value is -1.83. The number of rotatable bonds is 4. The molecule has 0 radical (unpaired) electrons. The molecule has 0 saturated carbocycles. The smallest absolute Gasteiger partial charge is 0.319 e. The molecule has 0 bridgehead atoms. The highest BCUT2D eigenvalue weighted by molar-refractivity contribution is 5.89. The molecule has 0 spiro atoms. The summed E-state index contributed by atoms with van der Waals surface area (Å²) in [5.41, 5.74) is 0.691. The van der Waals surface area contributed by atoms with Gasteiger partial charge in [-0.1, -0.05) is 0 Å². The third-order valence-electron chi connectivity index (χ3n) is 3.98. The second-order valence-electron chi connectivity index (χ2n) is 5.30. The largest absolute Gasteiger partial charge is 0.497 e. The lowest BCUT2D eigenvalue weighted by molar-refractivity contribution is -0.00805. The van der Waals surface area contributed by atoms with Crippen molar-refractivity contribution in [3.05, 3.63) is 24.3 Å². The number of nitrogens with one attached hydrogen (secondary N) is 2. The van der Waals surface area contributed by atoms with Gasteiger partial charge in [-0.05, 0) is 24.3 Å². The molecule has 7 nitrogen and oxygen atoms in total. The second kappa shape index (κ2) is 6.51. The van der Waals surface area contributed by atoms with Crippen molar-refractivity contribution in [1.82, 2.24) is 5.32 Å². The van der Waals surface area contributed by atoms with Gasteiger partial charge in [-0.25, -0.2) is 4.79 Å². The van der Waals surface area contributed by atoms with Crippen molar-refractivity contribution >= 4 is 11.7 Å². The number of ether oxygens (including phenoxy) is 4. The van der Waals surface area contributed by atoms with Crippen LogP contribution in [0.4, 0.5) is 10.5 Å². The number of urea groups is 1. The predicted octanol–water partition coefficient (Wildman–Crippen LogP) is 0.998. The van der Waals surface area contributed by atoms with Crippen LogP contribution in [-0.4, -0.2) is 57.8 Å². The van der Waals surface area contributed by atoms with Gasteiger partial charge >= 0.3 is 6.03 Å². The molecule has 2 amide bonds. The van der Waals surface area contributed by atoms with Crippen LogP contribution in [0.1, 0.15) is 0 Å². The number of methoxy groups -OCH3 is 2. The minimum atomic E-state index is -0.288. The number of carbonyl (C=O) groups is 1. The van der Waals surface area contributed by atoms with E-state index >= 15 is 0 Å². The van der Waals surface area contributed by atoms with Gasteiger partial charge < -0.3 is 29.6 Å². The summed E-state index contributed by atoms with van der Waals surface area (Å²) < 4.78 is 21.7. The minimum absolute atomic E-state index is 0.0681. The Morgan fingerprint density at radius 1 is 1.14 bits per heavy atom. The van der Waals surface area contributed by atoms with Crippen molar-refractivity contribution in [2.24, 2.45) is 0 Å². The van der Waals surface area contributed by atoms with Crippen LogP contribution < -0.4 is 15.4 Å². The Bertz CT molecular complexity index is 521. The fraction of sp³-hybridized carbons (Fsp3) is 0.533. The van der Waals surface area contributed by atoms with E-state index in [0.717, 1.165) is 5.75 Å². The Balaban J connectivity index is 1.54. The predicted molar refractivity (Wildman–Crippen MR) is 79.2 cm³/mol. The first-order valence-electron chi connectivity index (χ1n) is 7.19. The van der Waals surface area contributed by atoms with E-state index in [0.29, 0.717) is 18.9 Å². The zero-order chi connectivity index (χ0) is 15.5. The van der Waals surface area contributed by atoms with E-state index < -0.39 is 0 Å². The molecule has 0 aliphatic carbocycles. The molecule has 2 aliphatic rings. The molecule has 7 heteroatoms. The molecule has 4 atom stereocenters. The zero-order valence-corrected chi connectivity index (χ0v) is 12.6. The zero-order valence-electron chi connectivity index (χ0n) is 12.6. The van der Waals surface area contributed by atoms with Crippen molar-refractivity contribution < 1.29 is 23.7 Å². The van der Waals surface area contributed by atoms with Gasteiger partial charge in [-0.2, -0.15) is 0 Å². The van der Waals surface area contributed by atoms with Crippen molar-refractivity contribution in [1.29, 1.82) is 0 Å². The molecule has 2 N–H and O–H groups in total. The Morgan fingerprint density at radius 3 is 2.55 bits per heavy atom. The third kappa shape index (κ3) is 3.01. The van der Waals surface area contributed by atoms with Crippen LogP contribution in [0.3, 0.4) is 0 Å². The molecule has 120 valence electrons. The quantitative estimate of drug-likeness (QED) is 0.867. The third-order valence-corrected chi connectivity index (χ3v) is 3.98. The van der Waals surface area contributed by atoms with Crippen molar-refractivity contribution in [3.8, 4) is 5.75 Å². The van der Waals surface area contributed by atoms with Crippen molar-refractivity contribution in [3.63, 3.8) is 0 Å². The summed E-state index contributed by atoms with van der Waals surface area (Å²) in [6.07, 6.45) is -0.343. The van der Waals surface area contributed by atoms with Gasteiger partial charge in [0.15, 0.2) is 0 Å². The normalized spacial score (nSPS) is 29.9. The average molecular weight is 308 g/mol. The van der Waals surface area contributed by atoms with E-state index in [4.69, 9.17) is 18.9 Å². The maximum atomic E-state index is 12.1. The van der Waals surface area contributed by atoms with Gasteiger partial charge in [0.25, 0.3) is 0 Å². The molecule has 2 aliphatic heterocycles. The number of carbonyl (C=O) groups excluding carboxylic acids is 1. The van der Waals surface area contributed by atoms with Crippen LogP contribution in [0.2, 0.25) is 0 Å². The number of hydrogen-bond acceptors (Lipinski definition) is 5. The van der Waals surface area contributed by atoms with Crippen molar-refractivity contribution in [2.45, 2.75) is 24.4 Å². The fourth-order valence-corrected chi connectivity index (χ4v) is 2.80. The van der Waals surface area contributed by atoms with E-state index in [1.165, 1.54) is 0 Å². The standard InChI is InChI=1S/C15H20N2O5/c1-19-10-5-3-9(4-6-10)16-15(18)17-11-7-21-14-12(20-2)8-22-13(11)14/h3-6,11-14H,7-8H2,1-2H3,(H2,16,17,18). The van der Waals surface area contributed by atoms with E-state index in [1.54, 1.807) is 38.5 Å². The molecule has 1 aromatic carbocycles. The van der Waals surface area contributed by atoms with Gasteiger partial charge in [0, 0.05) is 12.8 Å². The topological polar surface area (TPSA) is 78.1 Å². The maximum absolute atomic E-state index is 12.1. The maximum Gasteiger partial charge on any atom is 0.319 e. The van der Waals surface area contributed by atoms with Gasteiger partial charge in [-0.15, -0.1) is 0 Å². The molecule has 2 saturated heterocycles. The average Bonchev–Trinajstić information content (AvgIpc) is 3.11. The summed E-state index contributed by atoms with van der Waals surface area (Å²) in [5.74, 6) is 0.739. The first kappa shape index (κ1) is 15.1. The monoisotopic (exact) mass is 308 g/mol. The molecule has 2 heterocycles. The number of anilines is 1. The molecule has 4 unspecified atom stereocenters. The number of hydrogen-bond donors (Lipinski definition) is 2. The molecule has 0 aromatic heterocycles. The number of benzene rings is 1. The summed E-state index contributed by atoms with van der Waals surface area (Å²) in [6.45, 7) is 0.912. The Morgan fingerprint density at radius 2 is 1.86 bits per heavy atom. The van der Waals surface area contributed by atoms with Crippen LogP contribution in [0.15, 0.2) is 24.3 Å². The highest BCUT2D eigenvalue weighted by Gasteiger charge is 2.48. The highest BCUT2D eigenvalue weighted by Crippen LogP contribution is 2.28. The summed E-state index contributed by atoms with van der Waals surface area (Å²) in [5, 5.41) is 5.66. The molecular formula is C15H20N2O5. The lowest BCUT2D eigenvalue weighted by atomic mass is 10.1. The van der Waals surface area contributed by atoms with Gasteiger partial charge in [0.1, 0.15) is 24.1 Å². The van der Waals surface area contributed by atoms with E-state index in [1.807, 2.05) is 0 Å². The Labute approximate surface area is 128 Å². The van der Waals surface area contributed by atoms with Gasteiger partial charge in [0.2, 0.25) is 0 Å². The minimum Gasteiger partial charge on any atom is -0.497 e. The SMILES string of the molecule is COc1ccc(NC(=O)NC2COC3C(OC)COC23)cc1. The molecule has 1 aromatic rings. The Kier molecular flexibility index (Phi) is 4.47. The molecular weight excluding hydrogens is 288 g/mol. The summed E-state index contributed by atoms with van der Waals surface area (Å²) in [7, 11) is 3.23. The first-order valence-corrected chi connectivity index (χ1v) is 7.19. The number of fused-ring (bicyclic) bond motifs is 1. The molecule has 22 heavy (non-hydrogen) atoms. The highest BCUT2D eigenvalue weighted by atomic mass is 16.6. The van der Waals surface area contributed by atoms with Crippen LogP contribution in [0, 0.1) is 0 Å². The lowest BCUT2D eigenvalue weighted by Gasteiger charge is -2.18. The summed E-state index contributed by atoms with van der Waals surface area (Å²) in [6, 6.07) is 6.66. The van der Waals surface area contributed by atoms with E-state index in [2.05, 4.69) is 10.6 Å². The van der Waals surface area contributed by atoms with Crippen LogP contribution >= 0.6 is 0 Å². The second-order valence-corrected chi connectivity index (χ2v) is 5.30. The van der Waals surface area contributed by atoms with Crippen molar-refractivity contribution in [2.75, 3.05) is 32.8 Å². The van der Waals surface area contributed by atoms with Crippen LogP contribution in [0.25, 0.3) is 0 Å². The van der Waals surface area contributed by atoms with E-state index in [9.17, 15) is 4.79 Å². The fourth-order valence-electron chi connectivity index (χ4n) is 2.80. The number of amides is 2. The lowest BCUT2D eigenvalue weighted by Crippen LogP contribution is -2.46. The van der Waals surface area contributed by atoms with Crippen LogP contribution in [0.5, 0.6) is 5.75 Å².